The SMILES string of the molecule is Cc1cc(C=NC2CCCCC2N=Cc2cc(C(C)(C)C)cc(CCCN3CCC[N+]4=C3CCCCC4)c2O)c(O)c(C(C)(C)C)c1. The average molecular weight is 642 g/mol. The van der Waals surface area contributed by atoms with Crippen molar-refractivity contribution in [2.75, 3.05) is 26.2 Å². The molecule has 2 aromatic rings. The van der Waals surface area contributed by atoms with Gasteiger partial charge in [0.15, 0.2) is 0 Å². The Morgan fingerprint density at radius 1 is 0.787 bits per heavy atom. The minimum atomic E-state index is -0.151. The Hall–Kier alpha value is -3.15. The van der Waals surface area contributed by atoms with E-state index in [1.54, 1.807) is 5.84 Å². The molecule has 0 radical (unpaired) electrons. The molecule has 0 bridgehead atoms. The summed E-state index contributed by atoms with van der Waals surface area (Å²) in [4.78, 5) is 12.7. The van der Waals surface area contributed by atoms with Gasteiger partial charge in [-0.15, -0.1) is 0 Å². The molecule has 2 aromatic carbocycles. The van der Waals surface area contributed by atoms with Crippen LogP contribution in [0.15, 0.2) is 34.3 Å². The van der Waals surface area contributed by atoms with Crippen molar-refractivity contribution in [2.24, 2.45) is 9.98 Å². The number of amidine groups is 1. The number of hydrogen-bond acceptors (Lipinski definition) is 5. The van der Waals surface area contributed by atoms with Crippen LogP contribution in [0.1, 0.15) is 139 Å². The van der Waals surface area contributed by atoms with E-state index in [4.69, 9.17) is 9.98 Å². The van der Waals surface area contributed by atoms with Crippen molar-refractivity contribution in [3.8, 4) is 11.5 Å². The quantitative estimate of drug-likeness (QED) is 0.224. The summed E-state index contributed by atoms with van der Waals surface area (Å²) in [7, 11) is 0. The number of hydrogen-bond donors (Lipinski definition) is 2. The van der Waals surface area contributed by atoms with Crippen LogP contribution < -0.4 is 0 Å². The number of rotatable bonds is 8. The lowest BCUT2D eigenvalue weighted by Gasteiger charge is -2.27. The molecule has 2 aliphatic heterocycles. The van der Waals surface area contributed by atoms with E-state index in [9.17, 15) is 10.2 Å². The van der Waals surface area contributed by atoms with E-state index in [0.717, 1.165) is 79.4 Å². The van der Waals surface area contributed by atoms with Crippen molar-refractivity contribution < 1.29 is 14.8 Å². The molecule has 5 rings (SSSR count). The Morgan fingerprint density at radius 3 is 2.11 bits per heavy atom. The Morgan fingerprint density at radius 2 is 1.45 bits per heavy atom. The van der Waals surface area contributed by atoms with Crippen LogP contribution in [0.2, 0.25) is 0 Å². The molecule has 2 atom stereocenters. The fourth-order valence-electron chi connectivity index (χ4n) is 7.64. The molecule has 6 nitrogen and oxygen atoms in total. The monoisotopic (exact) mass is 641 g/mol. The number of aryl methyl sites for hydroxylation is 2. The zero-order valence-corrected chi connectivity index (χ0v) is 30.4. The van der Waals surface area contributed by atoms with E-state index < -0.39 is 0 Å². The Bertz CT molecular complexity index is 1490. The van der Waals surface area contributed by atoms with Crippen LogP contribution in [0.25, 0.3) is 0 Å². The van der Waals surface area contributed by atoms with Gasteiger partial charge in [-0.25, -0.2) is 0 Å². The standard InChI is InChI=1S/C41H60N4O2/c1-29-23-31(39(47)34(24-29)41(5,6)7)27-42-35-16-10-11-17-36(35)43-28-32-26-33(40(2,3)4)25-30(38(32)46)15-13-20-45-22-14-21-44-19-12-8-9-18-37(44)45/h23-28,35-36H,8-22H2,1-7H3,(H-,42,43,46,47)/p+1. The smallest absolute Gasteiger partial charge is 0.246 e. The highest BCUT2D eigenvalue weighted by atomic mass is 16.3. The van der Waals surface area contributed by atoms with Gasteiger partial charge in [0.2, 0.25) is 5.84 Å². The summed E-state index contributed by atoms with van der Waals surface area (Å²) in [5, 5.41) is 22.6. The predicted molar refractivity (Wildman–Crippen MR) is 198 cm³/mol. The molecule has 2 heterocycles. The van der Waals surface area contributed by atoms with E-state index in [1.165, 1.54) is 50.8 Å². The van der Waals surface area contributed by atoms with Crippen LogP contribution in [0, 0.1) is 6.92 Å². The third-order valence-corrected chi connectivity index (χ3v) is 10.5. The summed E-state index contributed by atoms with van der Waals surface area (Å²) < 4.78 is 2.64. The maximum absolute atomic E-state index is 11.6. The maximum Gasteiger partial charge on any atom is 0.246 e. The summed E-state index contributed by atoms with van der Waals surface area (Å²) in [6, 6.07) is 8.55. The molecule has 6 heteroatoms. The number of nitrogens with zero attached hydrogens (tertiary/aromatic N) is 4. The zero-order valence-electron chi connectivity index (χ0n) is 30.4. The minimum absolute atomic E-state index is 0.0337. The van der Waals surface area contributed by atoms with Crippen LogP contribution >= 0.6 is 0 Å². The molecule has 1 saturated carbocycles. The molecule has 2 unspecified atom stereocenters. The molecule has 0 spiro atoms. The largest absolute Gasteiger partial charge is 0.507 e. The number of aromatic hydroxyl groups is 2. The van der Waals surface area contributed by atoms with Crippen molar-refractivity contribution in [2.45, 2.75) is 142 Å². The van der Waals surface area contributed by atoms with Crippen LogP contribution in [-0.2, 0) is 17.3 Å². The van der Waals surface area contributed by atoms with Crippen LogP contribution in [0.3, 0.4) is 0 Å². The lowest BCUT2D eigenvalue weighted by molar-refractivity contribution is -0.539. The van der Waals surface area contributed by atoms with Crippen LogP contribution in [0.4, 0.5) is 0 Å². The number of benzene rings is 2. The van der Waals surface area contributed by atoms with Gasteiger partial charge < -0.3 is 10.2 Å². The zero-order chi connectivity index (χ0) is 33.8. The highest BCUT2D eigenvalue weighted by Crippen LogP contribution is 2.35. The highest BCUT2D eigenvalue weighted by molar-refractivity contribution is 5.86. The topological polar surface area (TPSA) is 71.4 Å². The molecule has 47 heavy (non-hydrogen) atoms. The number of phenols is 2. The van der Waals surface area contributed by atoms with Gasteiger partial charge in [0, 0.05) is 42.0 Å². The fourth-order valence-corrected chi connectivity index (χ4v) is 7.64. The van der Waals surface area contributed by atoms with Gasteiger partial charge in [-0.2, -0.15) is 0 Å². The summed E-state index contributed by atoms with van der Waals surface area (Å²) in [5.74, 6) is 2.26. The molecule has 0 aromatic heterocycles. The summed E-state index contributed by atoms with van der Waals surface area (Å²) in [6.45, 7) is 19.8. The van der Waals surface area contributed by atoms with Gasteiger partial charge in [0.1, 0.15) is 11.5 Å². The average Bonchev–Trinajstić information content (AvgIpc) is 3.27. The molecule has 3 aliphatic rings. The van der Waals surface area contributed by atoms with Crippen molar-refractivity contribution in [1.82, 2.24) is 4.90 Å². The lowest BCUT2D eigenvalue weighted by Crippen LogP contribution is -2.44. The van der Waals surface area contributed by atoms with Crippen molar-refractivity contribution >= 4 is 18.3 Å². The van der Waals surface area contributed by atoms with E-state index >= 15 is 0 Å². The van der Waals surface area contributed by atoms with E-state index in [0.29, 0.717) is 11.5 Å². The van der Waals surface area contributed by atoms with Gasteiger partial charge in [0.25, 0.3) is 0 Å². The van der Waals surface area contributed by atoms with Crippen LogP contribution in [-0.4, -0.2) is 76.2 Å². The molecule has 0 saturated heterocycles. The Kier molecular flexibility index (Phi) is 11.2. The molecule has 2 N–H and O–H groups in total. The molecular weight excluding hydrogens is 580 g/mol. The molecular formula is C41H61N4O2+. The van der Waals surface area contributed by atoms with Crippen molar-refractivity contribution in [3.63, 3.8) is 0 Å². The van der Waals surface area contributed by atoms with Gasteiger partial charge >= 0.3 is 0 Å². The molecule has 256 valence electrons. The first-order chi connectivity index (χ1) is 22.3. The predicted octanol–water partition coefficient (Wildman–Crippen LogP) is 8.47. The van der Waals surface area contributed by atoms with Gasteiger partial charge in [-0.1, -0.05) is 66.5 Å². The molecule has 0 amide bonds. The normalized spacial score (nSPS) is 21.5. The fraction of sp³-hybridized carbons (Fsp3) is 0.634. The van der Waals surface area contributed by atoms with E-state index in [1.807, 2.05) is 18.5 Å². The van der Waals surface area contributed by atoms with Crippen LogP contribution in [0.5, 0.6) is 11.5 Å². The third kappa shape index (κ3) is 8.86. The molecule has 1 fully saturated rings. The Labute approximate surface area is 284 Å². The summed E-state index contributed by atoms with van der Waals surface area (Å²) in [6.07, 6.45) is 16.3. The third-order valence-electron chi connectivity index (χ3n) is 10.5. The Balaban J connectivity index is 1.34. The first kappa shape index (κ1) is 35.2. The van der Waals surface area contributed by atoms with E-state index in [2.05, 4.69) is 76.1 Å². The second-order valence-electron chi connectivity index (χ2n) is 16.5. The van der Waals surface area contributed by atoms with Gasteiger partial charge in [0.05, 0.1) is 38.3 Å². The summed E-state index contributed by atoms with van der Waals surface area (Å²) >= 11 is 0. The second kappa shape index (κ2) is 15.0. The van der Waals surface area contributed by atoms with Gasteiger partial charge in [-0.05, 0) is 91.5 Å². The van der Waals surface area contributed by atoms with Crippen molar-refractivity contribution in [1.29, 1.82) is 0 Å². The number of phenolic OH excluding ortho intramolecular Hbond substituents is 2. The second-order valence-corrected chi connectivity index (χ2v) is 16.5. The molecule has 1 aliphatic carbocycles. The first-order valence-electron chi connectivity index (χ1n) is 18.4. The first-order valence-corrected chi connectivity index (χ1v) is 18.4. The van der Waals surface area contributed by atoms with Crippen molar-refractivity contribution in [3.05, 3.63) is 57.6 Å². The maximum atomic E-state index is 11.6. The van der Waals surface area contributed by atoms with E-state index in [-0.39, 0.29) is 22.9 Å². The number of aliphatic imine (C=N–C) groups is 2. The highest BCUT2D eigenvalue weighted by Gasteiger charge is 2.29. The lowest BCUT2D eigenvalue weighted by atomic mass is 9.84. The summed E-state index contributed by atoms with van der Waals surface area (Å²) in [5.41, 5.74) is 5.74. The minimum Gasteiger partial charge on any atom is -0.507 e. The van der Waals surface area contributed by atoms with Gasteiger partial charge in [-0.3, -0.25) is 19.5 Å².